The summed E-state index contributed by atoms with van der Waals surface area (Å²) in [5.41, 5.74) is 13.0. The van der Waals surface area contributed by atoms with Crippen LogP contribution >= 0.6 is 0 Å². The highest BCUT2D eigenvalue weighted by Crippen LogP contribution is 2.33. The quantitative estimate of drug-likeness (QED) is 0.859. The van der Waals surface area contributed by atoms with Crippen molar-refractivity contribution in [2.75, 3.05) is 6.54 Å². The van der Waals surface area contributed by atoms with Crippen LogP contribution in [0.2, 0.25) is 0 Å². The molecule has 0 aliphatic carbocycles. The lowest BCUT2D eigenvalue weighted by Gasteiger charge is -2.44. The maximum absolute atomic E-state index is 11.6. The highest BCUT2D eigenvalue weighted by Gasteiger charge is 2.35. The van der Waals surface area contributed by atoms with E-state index in [0.29, 0.717) is 12.6 Å². The Morgan fingerprint density at radius 3 is 2.86 bits per heavy atom. The lowest BCUT2D eigenvalue weighted by molar-refractivity contribution is -0.124. The minimum absolute atomic E-state index is 0.0169. The molecule has 0 saturated carbocycles. The minimum Gasteiger partial charge on any atom is -0.369 e. The van der Waals surface area contributed by atoms with Gasteiger partial charge in [-0.15, -0.1) is 0 Å². The van der Waals surface area contributed by atoms with E-state index < -0.39 is 0 Å². The molecule has 2 heterocycles. The summed E-state index contributed by atoms with van der Waals surface area (Å²) < 4.78 is 0. The molecular formula is C16H26N4O. The van der Waals surface area contributed by atoms with E-state index in [1.54, 1.807) is 6.20 Å². The monoisotopic (exact) mass is 290 g/mol. The van der Waals surface area contributed by atoms with E-state index in [2.05, 4.69) is 29.8 Å². The number of pyridine rings is 1. The molecule has 2 rings (SSSR count). The fourth-order valence-electron chi connectivity index (χ4n) is 3.21. The Balaban J connectivity index is 2.28. The van der Waals surface area contributed by atoms with Gasteiger partial charge in [-0.1, -0.05) is 13.0 Å². The number of hydrogen-bond acceptors (Lipinski definition) is 4. The number of carbonyl (C=O) groups is 1. The molecule has 0 bridgehead atoms. The molecule has 21 heavy (non-hydrogen) atoms. The third-order valence-electron chi connectivity index (χ3n) is 4.59. The van der Waals surface area contributed by atoms with Crippen molar-refractivity contribution in [2.45, 2.75) is 51.2 Å². The predicted octanol–water partition coefficient (Wildman–Crippen LogP) is 1.45. The lowest BCUT2D eigenvalue weighted by Crippen LogP contribution is -2.51. The van der Waals surface area contributed by atoms with Gasteiger partial charge in [0.15, 0.2) is 0 Å². The number of nitrogens with zero attached hydrogens (tertiary/aromatic N) is 2. The molecule has 116 valence electrons. The molecular weight excluding hydrogens is 264 g/mol. The van der Waals surface area contributed by atoms with Crippen LogP contribution in [-0.2, 0) is 4.79 Å². The molecule has 1 aromatic heterocycles. The first kappa shape index (κ1) is 15.9. The number of hydrogen-bond donors (Lipinski definition) is 2. The molecule has 5 nitrogen and oxygen atoms in total. The van der Waals surface area contributed by atoms with Crippen LogP contribution in [-0.4, -0.2) is 34.4 Å². The molecule has 1 aromatic rings. The molecule has 0 spiro atoms. The van der Waals surface area contributed by atoms with Crippen LogP contribution in [0.3, 0.4) is 0 Å². The number of amides is 1. The molecule has 4 N–H and O–H groups in total. The van der Waals surface area contributed by atoms with E-state index >= 15 is 0 Å². The summed E-state index contributed by atoms with van der Waals surface area (Å²) in [6, 6.07) is 4.49. The van der Waals surface area contributed by atoms with Gasteiger partial charge >= 0.3 is 0 Å². The second-order valence-electron chi connectivity index (χ2n) is 6.03. The van der Waals surface area contributed by atoms with Crippen molar-refractivity contribution in [1.29, 1.82) is 0 Å². The Hall–Kier alpha value is -1.46. The highest BCUT2D eigenvalue weighted by atomic mass is 16.1. The van der Waals surface area contributed by atoms with E-state index in [1.807, 2.05) is 12.3 Å². The average Bonchev–Trinajstić information content (AvgIpc) is 2.50. The molecule has 4 atom stereocenters. The van der Waals surface area contributed by atoms with Gasteiger partial charge in [0.2, 0.25) is 5.91 Å². The van der Waals surface area contributed by atoms with Crippen molar-refractivity contribution in [3.05, 3.63) is 30.1 Å². The molecule has 1 aliphatic heterocycles. The van der Waals surface area contributed by atoms with Crippen LogP contribution in [0.15, 0.2) is 24.5 Å². The fourth-order valence-corrected chi connectivity index (χ4v) is 3.21. The number of likely N-dealkylation sites (tertiary alicyclic amines) is 1. The molecule has 0 radical (unpaired) electrons. The van der Waals surface area contributed by atoms with Crippen molar-refractivity contribution in [1.82, 2.24) is 9.88 Å². The topological polar surface area (TPSA) is 85.2 Å². The maximum atomic E-state index is 11.6. The van der Waals surface area contributed by atoms with Gasteiger partial charge in [0.1, 0.15) is 0 Å². The molecule has 1 amide bonds. The van der Waals surface area contributed by atoms with Gasteiger partial charge in [-0.2, -0.15) is 0 Å². The van der Waals surface area contributed by atoms with E-state index in [4.69, 9.17) is 11.5 Å². The molecule has 4 unspecified atom stereocenters. The SMILES string of the molecule is CCC(N)C(c1cccnc1)N1CC(C(N)=O)CCC1C. The summed E-state index contributed by atoms with van der Waals surface area (Å²) in [5, 5.41) is 0. The molecule has 5 heteroatoms. The van der Waals surface area contributed by atoms with Gasteiger partial charge in [0, 0.05) is 31.0 Å². The van der Waals surface area contributed by atoms with Gasteiger partial charge in [0.05, 0.1) is 12.0 Å². The van der Waals surface area contributed by atoms with Crippen molar-refractivity contribution in [2.24, 2.45) is 17.4 Å². The Morgan fingerprint density at radius 2 is 2.29 bits per heavy atom. The molecule has 1 saturated heterocycles. The second-order valence-corrected chi connectivity index (χ2v) is 6.03. The van der Waals surface area contributed by atoms with E-state index in [9.17, 15) is 4.79 Å². The number of primary amides is 1. The number of nitrogens with two attached hydrogens (primary N) is 2. The van der Waals surface area contributed by atoms with Gasteiger partial charge in [0.25, 0.3) is 0 Å². The first-order valence-corrected chi connectivity index (χ1v) is 7.75. The van der Waals surface area contributed by atoms with Gasteiger partial charge in [-0.3, -0.25) is 14.7 Å². The number of aromatic nitrogens is 1. The van der Waals surface area contributed by atoms with Crippen molar-refractivity contribution in [3.63, 3.8) is 0 Å². The highest BCUT2D eigenvalue weighted by molar-refractivity contribution is 5.77. The summed E-state index contributed by atoms with van der Waals surface area (Å²) in [6.45, 7) is 4.97. The summed E-state index contributed by atoms with van der Waals surface area (Å²) in [4.78, 5) is 18.1. The molecule has 1 fully saturated rings. The summed E-state index contributed by atoms with van der Waals surface area (Å²) >= 11 is 0. The van der Waals surface area contributed by atoms with Gasteiger partial charge in [-0.25, -0.2) is 0 Å². The zero-order valence-electron chi connectivity index (χ0n) is 12.9. The maximum Gasteiger partial charge on any atom is 0.221 e. The van der Waals surface area contributed by atoms with E-state index in [-0.39, 0.29) is 23.9 Å². The van der Waals surface area contributed by atoms with Crippen LogP contribution in [0.25, 0.3) is 0 Å². The summed E-state index contributed by atoms with van der Waals surface area (Å²) in [5.74, 6) is -0.286. The Kier molecular flexibility index (Phi) is 5.31. The minimum atomic E-state index is -0.207. The molecule has 0 aromatic carbocycles. The Labute approximate surface area is 126 Å². The average molecular weight is 290 g/mol. The van der Waals surface area contributed by atoms with Crippen LogP contribution in [0.4, 0.5) is 0 Å². The molecule has 1 aliphatic rings. The van der Waals surface area contributed by atoms with E-state index in [0.717, 1.165) is 24.8 Å². The first-order chi connectivity index (χ1) is 10.0. The third-order valence-corrected chi connectivity index (χ3v) is 4.59. The fraction of sp³-hybridized carbons (Fsp3) is 0.625. The Morgan fingerprint density at radius 1 is 1.52 bits per heavy atom. The van der Waals surface area contributed by atoms with E-state index in [1.165, 1.54) is 0 Å². The van der Waals surface area contributed by atoms with Crippen molar-refractivity contribution in [3.8, 4) is 0 Å². The normalized spacial score (nSPS) is 26.2. The van der Waals surface area contributed by atoms with Crippen LogP contribution < -0.4 is 11.5 Å². The van der Waals surface area contributed by atoms with Crippen LogP contribution in [0, 0.1) is 5.92 Å². The third kappa shape index (κ3) is 3.60. The van der Waals surface area contributed by atoms with Gasteiger partial charge in [-0.05, 0) is 37.8 Å². The summed E-state index contributed by atoms with van der Waals surface area (Å²) in [6.07, 6.45) is 6.36. The number of rotatable bonds is 5. The smallest absolute Gasteiger partial charge is 0.221 e. The largest absolute Gasteiger partial charge is 0.369 e. The van der Waals surface area contributed by atoms with Crippen molar-refractivity contribution >= 4 is 5.91 Å². The zero-order valence-corrected chi connectivity index (χ0v) is 12.9. The van der Waals surface area contributed by atoms with Gasteiger partial charge < -0.3 is 11.5 Å². The second kappa shape index (κ2) is 7.00. The van der Waals surface area contributed by atoms with Crippen LogP contribution in [0.5, 0.6) is 0 Å². The zero-order chi connectivity index (χ0) is 15.4. The lowest BCUT2D eigenvalue weighted by atomic mass is 9.88. The standard InChI is InChI=1S/C16H26N4O/c1-3-14(17)15(12-5-4-8-19-9-12)20-10-13(16(18)21)7-6-11(20)2/h4-5,8-9,11,13-15H,3,6-7,10,17H2,1-2H3,(H2,18,21). The van der Waals surface area contributed by atoms with Crippen molar-refractivity contribution < 1.29 is 4.79 Å². The van der Waals surface area contributed by atoms with Crippen LogP contribution in [0.1, 0.15) is 44.7 Å². The summed E-state index contributed by atoms with van der Waals surface area (Å²) in [7, 11) is 0. The predicted molar refractivity (Wildman–Crippen MR) is 83.3 cm³/mol. The number of carbonyl (C=O) groups excluding carboxylic acids is 1. The number of piperidine rings is 1. The Bertz CT molecular complexity index is 465. The first-order valence-electron chi connectivity index (χ1n) is 7.75.